The van der Waals surface area contributed by atoms with Gasteiger partial charge >= 0.3 is 7.05 Å². The van der Waals surface area contributed by atoms with E-state index in [1.54, 1.807) is 19.0 Å². The zero-order valence-electron chi connectivity index (χ0n) is 7.79. The first-order valence-electron chi connectivity index (χ1n) is 4.23. The van der Waals surface area contributed by atoms with Gasteiger partial charge in [-0.2, -0.15) is 5.26 Å². The van der Waals surface area contributed by atoms with Gasteiger partial charge in [-0.3, -0.25) is 0 Å². The second-order valence-electron chi connectivity index (χ2n) is 2.98. The van der Waals surface area contributed by atoms with E-state index in [4.69, 9.17) is 10.3 Å². The van der Waals surface area contributed by atoms with Gasteiger partial charge in [-0.25, -0.2) is 4.39 Å². The molecule has 0 unspecified atom stereocenters. The van der Waals surface area contributed by atoms with Crippen molar-refractivity contribution >= 4 is 7.05 Å². The molecule has 1 aromatic carbocycles. The van der Waals surface area contributed by atoms with Crippen LogP contribution in [0.1, 0.15) is 11.1 Å². The zero-order chi connectivity index (χ0) is 10.6. The molecule has 0 aliphatic heterocycles. The number of rotatable bonds is 3. The Morgan fingerprint density at radius 1 is 1.64 bits per heavy atom. The van der Waals surface area contributed by atoms with Crippen LogP contribution in [0.25, 0.3) is 0 Å². The van der Waals surface area contributed by atoms with Gasteiger partial charge in [0.2, 0.25) is 0 Å². The predicted molar refractivity (Wildman–Crippen MR) is 51.8 cm³/mol. The monoisotopic (exact) mass is 192 g/mol. The van der Waals surface area contributed by atoms with Crippen LogP contribution in [0.5, 0.6) is 0 Å². The lowest BCUT2D eigenvalue weighted by atomic mass is 9.88. The molecule has 5 heteroatoms. The van der Waals surface area contributed by atoms with Crippen LogP contribution in [0.3, 0.4) is 0 Å². The van der Waals surface area contributed by atoms with Crippen molar-refractivity contribution in [1.29, 1.82) is 5.26 Å². The minimum atomic E-state index is -0.631. The molecule has 0 bridgehead atoms. The highest BCUT2D eigenvalue weighted by molar-refractivity contribution is 6.45. The van der Waals surface area contributed by atoms with E-state index in [1.807, 2.05) is 0 Å². The Labute approximate surface area is 82.3 Å². The Bertz CT molecular complexity index is 362. The van der Waals surface area contributed by atoms with Crippen molar-refractivity contribution in [3.63, 3.8) is 0 Å². The lowest BCUT2D eigenvalue weighted by Crippen LogP contribution is -2.29. The SMILES string of the molecule is CB(O)NCc1ccc(C#N)c(F)c1. The summed E-state index contributed by atoms with van der Waals surface area (Å²) in [7, 11) is -0.631. The molecule has 0 aliphatic carbocycles. The summed E-state index contributed by atoms with van der Waals surface area (Å²) in [4.78, 5) is 0. The van der Waals surface area contributed by atoms with Crippen LogP contribution in [0, 0.1) is 17.1 Å². The normalized spacial score (nSPS) is 9.57. The third-order valence-corrected chi connectivity index (χ3v) is 1.76. The lowest BCUT2D eigenvalue weighted by Gasteiger charge is -2.04. The minimum absolute atomic E-state index is 0.0331. The Balaban J connectivity index is 2.73. The Hall–Kier alpha value is -1.38. The maximum atomic E-state index is 13.1. The molecule has 0 saturated heterocycles. The zero-order valence-corrected chi connectivity index (χ0v) is 7.79. The van der Waals surface area contributed by atoms with E-state index in [2.05, 4.69) is 5.23 Å². The molecule has 3 nitrogen and oxygen atoms in total. The highest BCUT2D eigenvalue weighted by Crippen LogP contribution is 2.09. The topological polar surface area (TPSA) is 56.0 Å². The molecule has 72 valence electrons. The Morgan fingerprint density at radius 3 is 2.86 bits per heavy atom. The Morgan fingerprint density at radius 2 is 2.36 bits per heavy atom. The van der Waals surface area contributed by atoms with Crippen molar-refractivity contribution < 1.29 is 9.41 Å². The largest absolute Gasteiger partial charge is 0.437 e. The minimum Gasteiger partial charge on any atom is -0.437 e. The van der Waals surface area contributed by atoms with Crippen molar-refractivity contribution in [2.24, 2.45) is 0 Å². The van der Waals surface area contributed by atoms with E-state index in [1.165, 1.54) is 12.1 Å². The van der Waals surface area contributed by atoms with E-state index in [0.29, 0.717) is 12.1 Å². The number of nitriles is 1. The van der Waals surface area contributed by atoms with E-state index in [9.17, 15) is 4.39 Å². The van der Waals surface area contributed by atoms with E-state index in [0.717, 1.165) is 0 Å². The molecule has 1 rings (SSSR count). The summed E-state index contributed by atoms with van der Waals surface area (Å²) in [5.74, 6) is -0.530. The molecule has 1 aromatic rings. The van der Waals surface area contributed by atoms with Crippen molar-refractivity contribution in [3.8, 4) is 6.07 Å². The van der Waals surface area contributed by atoms with E-state index >= 15 is 0 Å². The molecule has 0 amide bonds. The van der Waals surface area contributed by atoms with Gasteiger partial charge in [0.25, 0.3) is 0 Å². The molecular formula is C9H10BFN2O. The molecule has 0 fully saturated rings. The van der Waals surface area contributed by atoms with Crippen molar-refractivity contribution in [2.75, 3.05) is 0 Å². The molecule has 0 aliphatic rings. The quantitative estimate of drug-likeness (QED) is 0.699. The molecular weight excluding hydrogens is 182 g/mol. The molecule has 14 heavy (non-hydrogen) atoms. The van der Waals surface area contributed by atoms with Crippen LogP contribution in [0.4, 0.5) is 4.39 Å². The highest BCUT2D eigenvalue weighted by Gasteiger charge is 2.04. The molecule has 0 spiro atoms. The van der Waals surface area contributed by atoms with Gasteiger partial charge in [0.1, 0.15) is 11.9 Å². The van der Waals surface area contributed by atoms with Gasteiger partial charge in [0.05, 0.1) is 5.56 Å². The maximum absolute atomic E-state index is 13.1. The fourth-order valence-electron chi connectivity index (χ4n) is 1.02. The summed E-state index contributed by atoms with van der Waals surface area (Å²) in [5.41, 5.74) is 0.730. The number of hydrogen-bond donors (Lipinski definition) is 2. The van der Waals surface area contributed by atoms with Crippen molar-refractivity contribution in [2.45, 2.75) is 13.4 Å². The molecule has 0 saturated carbocycles. The van der Waals surface area contributed by atoms with Crippen LogP contribution in [-0.2, 0) is 6.54 Å². The third kappa shape index (κ3) is 2.84. The third-order valence-electron chi connectivity index (χ3n) is 1.76. The van der Waals surface area contributed by atoms with Crippen LogP contribution in [0.2, 0.25) is 6.82 Å². The first-order chi connectivity index (χ1) is 6.63. The summed E-state index contributed by atoms with van der Waals surface area (Å²) in [6, 6.07) is 6.10. The van der Waals surface area contributed by atoms with Gasteiger partial charge < -0.3 is 10.3 Å². The van der Waals surface area contributed by atoms with Gasteiger partial charge in [0.15, 0.2) is 0 Å². The predicted octanol–water partition coefficient (Wildman–Crippen LogP) is 0.897. The first-order valence-corrected chi connectivity index (χ1v) is 4.23. The number of nitrogens with zero attached hydrogens (tertiary/aromatic N) is 1. The highest BCUT2D eigenvalue weighted by atomic mass is 19.1. The smallest absolute Gasteiger partial charge is 0.373 e. The van der Waals surface area contributed by atoms with Crippen LogP contribution < -0.4 is 5.23 Å². The van der Waals surface area contributed by atoms with Crippen LogP contribution in [0.15, 0.2) is 18.2 Å². The number of nitrogens with one attached hydrogen (secondary N) is 1. The molecule has 0 atom stereocenters. The van der Waals surface area contributed by atoms with E-state index in [-0.39, 0.29) is 5.56 Å². The maximum Gasteiger partial charge on any atom is 0.373 e. The summed E-state index contributed by atoms with van der Waals surface area (Å²) < 4.78 is 13.1. The van der Waals surface area contributed by atoms with E-state index < -0.39 is 12.9 Å². The summed E-state index contributed by atoms with van der Waals surface area (Å²) in [5, 5.41) is 20.1. The van der Waals surface area contributed by atoms with Gasteiger partial charge in [-0.15, -0.1) is 0 Å². The van der Waals surface area contributed by atoms with Gasteiger partial charge in [-0.1, -0.05) is 6.07 Å². The summed E-state index contributed by atoms with van der Waals surface area (Å²) >= 11 is 0. The molecule has 0 aromatic heterocycles. The lowest BCUT2D eigenvalue weighted by molar-refractivity contribution is 0.553. The molecule has 0 heterocycles. The van der Waals surface area contributed by atoms with Gasteiger partial charge in [0, 0.05) is 6.54 Å². The average Bonchev–Trinajstić information content (AvgIpc) is 2.15. The van der Waals surface area contributed by atoms with Crippen molar-refractivity contribution in [1.82, 2.24) is 5.23 Å². The average molecular weight is 192 g/mol. The fraction of sp³-hybridized carbons (Fsp3) is 0.222. The van der Waals surface area contributed by atoms with Crippen LogP contribution in [-0.4, -0.2) is 12.1 Å². The Kier molecular flexibility index (Phi) is 3.63. The molecule has 0 radical (unpaired) electrons. The first kappa shape index (κ1) is 10.7. The second kappa shape index (κ2) is 4.75. The molecule has 2 N–H and O–H groups in total. The van der Waals surface area contributed by atoms with Gasteiger partial charge in [-0.05, 0) is 24.5 Å². The number of halogens is 1. The summed E-state index contributed by atoms with van der Waals surface area (Å²) in [6.07, 6.45) is 0. The number of hydrogen-bond acceptors (Lipinski definition) is 3. The fourth-order valence-corrected chi connectivity index (χ4v) is 1.02. The standard InChI is InChI=1S/C9H10BFN2O/c1-10(14)13-6-7-2-3-8(5-12)9(11)4-7/h2-4,13-14H,6H2,1H3. The van der Waals surface area contributed by atoms with Crippen LogP contribution >= 0.6 is 0 Å². The number of benzene rings is 1. The second-order valence-corrected chi connectivity index (χ2v) is 2.98. The summed E-state index contributed by atoms with van der Waals surface area (Å²) in [6.45, 7) is 1.96. The van der Waals surface area contributed by atoms with Crippen molar-refractivity contribution in [3.05, 3.63) is 35.1 Å².